The molecule has 0 aliphatic heterocycles. The van der Waals surface area contributed by atoms with Gasteiger partial charge < -0.3 is 16.6 Å². The van der Waals surface area contributed by atoms with E-state index < -0.39 is 17.4 Å². The van der Waals surface area contributed by atoms with E-state index in [1.54, 1.807) is 25.2 Å². The predicted octanol–water partition coefficient (Wildman–Crippen LogP) is -0.183. The number of nitrogens with two attached hydrogens (primary N) is 2. The zero-order chi connectivity index (χ0) is 9.35. The van der Waals surface area contributed by atoms with Crippen LogP contribution in [0.5, 0.6) is 0 Å². The van der Waals surface area contributed by atoms with Crippen molar-refractivity contribution < 1.29 is 9.90 Å². The number of rotatable bonds is 1. The third kappa shape index (κ3) is 1.33. The molecule has 0 saturated carbocycles. The van der Waals surface area contributed by atoms with E-state index in [-0.39, 0.29) is 0 Å². The van der Waals surface area contributed by atoms with E-state index in [2.05, 4.69) is 0 Å². The van der Waals surface area contributed by atoms with Gasteiger partial charge in [0.2, 0.25) is 0 Å². The Morgan fingerprint density at radius 2 is 2.33 bits per heavy atom. The summed E-state index contributed by atoms with van der Waals surface area (Å²) < 4.78 is 0. The van der Waals surface area contributed by atoms with Crippen LogP contribution in [0.2, 0.25) is 0 Å². The number of carbonyl (C=O) groups is 1. The van der Waals surface area contributed by atoms with Gasteiger partial charge in [0.15, 0.2) is 0 Å². The molecule has 2 unspecified atom stereocenters. The van der Waals surface area contributed by atoms with Crippen molar-refractivity contribution >= 4 is 5.97 Å². The highest BCUT2D eigenvalue weighted by atomic mass is 16.4. The molecule has 0 bridgehead atoms. The molecule has 0 spiro atoms. The Labute approximate surface area is 70.5 Å². The van der Waals surface area contributed by atoms with E-state index in [0.717, 1.165) is 0 Å². The molecule has 0 aromatic heterocycles. The summed E-state index contributed by atoms with van der Waals surface area (Å²) in [5, 5.41) is 8.81. The van der Waals surface area contributed by atoms with Crippen LogP contribution >= 0.6 is 0 Å². The molecule has 4 heteroatoms. The second kappa shape index (κ2) is 2.64. The molecule has 1 aliphatic rings. The molecule has 5 N–H and O–H groups in total. The lowest BCUT2D eigenvalue weighted by atomic mass is 9.81. The van der Waals surface area contributed by atoms with Crippen LogP contribution in [0.25, 0.3) is 0 Å². The van der Waals surface area contributed by atoms with Crippen LogP contribution in [0.15, 0.2) is 23.9 Å². The molecule has 12 heavy (non-hydrogen) atoms. The lowest BCUT2D eigenvalue weighted by Crippen LogP contribution is -2.49. The van der Waals surface area contributed by atoms with Gasteiger partial charge in [-0.15, -0.1) is 0 Å². The number of carboxylic acids is 1. The lowest BCUT2D eigenvalue weighted by Gasteiger charge is -2.30. The number of hydrogen-bond acceptors (Lipinski definition) is 3. The highest BCUT2D eigenvalue weighted by molar-refractivity contribution is 5.76. The Morgan fingerprint density at radius 1 is 1.75 bits per heavy atom. The third-order valence-electron chi connectivity index (χ3n) is 1.95. The van der Waals surface area contributed by atoms with Crippen molar-refractivity contribution in [3.63, 3.8) is 0 Å². The number of aliphatic carboxylic acids is 1. The molecule has 0 amide bonds. The van der Waals surface area contributed by atoms with E-state index in [0.29, 0.717) is 5.70 Å². The predicted molar refractivity (Wildman–Crippen MR) is 45.1 cm³/mol. The quantitative estimate of drug-likeness (QED) is 0.506. The molecule has 0 saturated heterocycles. The van der Waals surface area contributed by atoms with Crippen molar-refractivity contribution in [3.05, 3.63) is 23.9 Å². The van der Waals surface area contributed by atoms with Crippen LogP contribution in [-0.4, -0.2) is 16.6 Å². The van der Waals surface area contributed by atoms with E-state index >= 15 is 0 Å². The minimum atomic E-state index is -0.988. The SMILES string of the molecule is CC1(N)C=CC=C(N)C1C(=O)O. The number of hydrogen-bond donors (Lipinski definition) is 3. The molecular formula is C8H12N2O2. The second-order valence-electron chi connectivity index (χ2n) is 3.16. The summed E-state index contributed by atoms with van der Waals surface area (Å²) in [6.45, 7) is 1.64. The van der Waals surface area contributed by atoms with Crippen molar-refractivity contribution in [3.8, 4) is 0 Å². The number of carboxylic acid groups (broad SMARTS) is 1. The molecule has 66 valence electrons. The van der Waals surface area contributed by atoms with Gasteiger partial charge in [0.25, 0.3) is 0 Å². The van der Waals surface area contributed by atoms with E-state index in [1.165, 1.54) is 0 Å². The average Bonchev–Trinajstić information content (AvgIpc) is 1.82. The first kappa shape index (κ1) is 8.80. The fourth-order valence-electron chi connectivity index (χ4n) is 1.33. The van der Waals surface area contributed by atoms with E-state index in [9.17, 15) is 4.79 Å². The maximum Gasteiger partial charge on any atom is 0.314 e. The fourth-order valence-corrected chi connectivity index (χ4v) is 1.33. The van der Waals surface area contributed by atoms with Gasteiger partial charge in [-0.2, -0.15) is 0 Å². The molecule has 0 aromatic rings. The monoisotopic (exact) mass is 168 g/mol. The third-order valence-corrected chi connectivity index (χ3v) is 1.95. The maximum atomic E-state index is 10.7. The average molecular weight is 168 g/mol. The summed E-state index contributed by atoms with van der Waals surface area (Å²) in [5.74, 6) is -1.81. The Bertz CT molecular complexity index is 266. The summed E-state index contributed by atoms with van der Waals surface area (Å²) in [5.41, 5.74) is 10.6. The molecule has 0 aromatic carbocycles. The van der Waals surface area contributed by atoms with Gasteiger partial charge in [-0.05, 0) is 13.0 Å². The Morgan fingerprint density at radius 3 is 2.67 bits per heavy atom. The van der Waals surface area contributed by atoms with Gasteiger partial charge in [-0.25, -0.2) is 0 Å². The highest BCUT2D eigenvalue weighted by Gasteiger charge is 2.37. The smallest absolute Gasteiger partial charge is 0.314 e. The zero-order valence-corrected chi connectivity index (χ0v) is 6.82. The molecule has 2 atom stereocenters. The highest BCUT2D eigenvalue weighted by Crippen LogP contribution is 2.24. The van der Waals surface area contributed by atoms with Crippen LogP contribution in [0.1, 0.15) is 6.92 Å². The topological polar surface area (TPSA) is 89.3 Å². The van der Waals surface area contributed by atoms with Gasteiger partial charge >= 0.3 is 5.97 Å². The van der Waals surface area contributed by atoms with E-state index in [1.807, 2.05) is 0 Å². The van der Waals surface area contributed by atoms with Crippen LogP contribution in [-0.2, 0) is 4.79 Å². The van der Waals surface area contributed by atoms with Gasteiger partial charge in [0.05, 0.1) is 5.54 Å². The maximum absolute atomic E-state index is 10.7. The molecule has 0 heterocycles. The van der Waals surface area contributed by atoms with Crippen molar-refractivity contribution in [2.45, 2.75) is 12.5 Å². The first-order valence-electron chi connectivity index (χ1n) is 3.62. The van der Waals surface area contributed by atoms with Crippen LogP contribution in [0.4, 0.5) is 0 Å². The summed E-state index contributed by atoms with van der Waals surface area (Å²) >= 11 is 0. The summed E-state index contributed by atoms with van der Waals surface area (Å²) in [6, 6.07) is 0. The number of allylic oxidation sites excluding steroid dienone is 2. The Hall–Kier alpha value is -1.29. The van der Waals surface area contributed by atoms with E-state index in [4.69, 9.17) is 16.6 Å². The molecule has 1 aliphatic carbocycles. The van der Waals surface area contributed by atoms with Crippen molar-refractivity contribution in [2.75, 3.05) is 0 Å². The molecule has 0 radical (unpaired) electrons. The Kier molecular flexibility index (Phi) is 1.94. The van der Waals surface area contributed by atoms with Crippen LogP contribution in [0.3, 0.4) is 0 Å². The van der Waals surface area contributed by atoms with Gasteiger partial charge in [-0.3, -0.25) is 4.79 Å². The van der Waals surface area contributed by atoms with Crippen LogP contribution < -0.4 is 11.5 Å². The van der Waals surface area contributed by atoms with Crippen molar-refractivity contribution in [2.24, 2.45) is 17.4 Å². The minimum Gasteiger partial charge on any atom is -0.481 e. The standard InChI is InChI=1S/C8H12N2O2/c1-8(10)4-2-3-5(9)6(8)7(11)12/h2-4,6H,9-10H2,1H3,(H,11,12). The minimum absolute atomic E-state index is 0.301. The van der Waals surface area contributed by atoms with Gasteiger partial charge in [-0.1, -0.05) is 12.2 Å². The summed E-state index contributed by atoms with van der Waals surface area (Å²) in [7, 11) is 0. The van der Waals surface area contributed by atoms with Gasteiger partial charge in [0, 0.05) is 5.70 Å². The first-order chi connectivity index (χ1) is 5.45. The second-order valence-corrected chi connectivity index (χ2v) is 3.16. The normalized spacial score (nSPS) is 34.5. The largest absolute Gasteiger partial charge is 0.481 e. The lowest BCUT2D eigenvalue weighted by molar-refractivity contribution is -0.141. The Balaban J connectivity index is 3.03. The molecule has 4 nitrogen and oxygen atoms in total. The fraction of sp³-hybridized carbons (Fsp3) is 0.375. The zero-order valence-electron chi connectivity index (χ0n) is 6.82. The summed E-state index contributed by atoms with van der Waals surface area (Å²) in [6.07, 6.45) is 4.88. The molecule has 1 rings (SSSR count). The van der Waals surface area contributed by atoms with Crippen LogP contribution in [0, 0.1) is 5.92 Å². The van der Waals surface area contributed by atoms with Gasteiger partial charge in [0.1, 0.15) is 5.92 Å². The molecular weight excluding hydrogens is 156 g/mol. The summed E-state index contributed by atoms with van der Waals surface area (Å²) in [4.78, 5) is 10.7. The molecule has 0 fully saturated rings. The van der Waals surface area contributed by atoms with Crippen molar-refractivity contribution in [1.29, 1.82) is 0 Å². The van der Waals surface area contributed by atoms with Crippen molar-refractivity contribution in [1.82, 2.24) is 0 Å². The first-order valence-corrected chi connectivity index (χ1v) is 3.62.